The Labute approximate surface area is 81.3 Å². The molecule has 5 heteroatoms. The molecular formula is C9H14N2O3. The summed E-state index contributed by atoms with van der Waals surface area (Å²) in [5.74, 6) is 0.395. The minimum Gasteiger partial charge on any atom is -0.490 e. The molecule has 0 spiro atoms. The van der Waals surface area contributed by atoms with E-state index in [1.54, 1.807) is 0 Å². The number of hydrogen-bond acceptors (Lipinski definition) is 3. The van der Waals surface area contributed by atoms with E-state index in [4.69, 9.17) is 4.74 Å². The number of hydrogen-bond donors (Lipinski definition) is 1. The molecule has 5 nitrogen and oxygen atoms in total. The van der Waals surface area contributed by atoms with Gasteiger partial charge in [0.05, 0.1) is 13.3 Å². The van der Waals surface area contributed by atoms with E-state index >= 15 is 0 Å². The van der Waals surface area contributed by atoms with Gasteiger partial charge in [0.1, 0.15) is 0 Å². The normalized spacial score (nSPS) is 10.6. The Kier molecular flexibility index (Phi) is 3.11. The van der Waals surface area contributed by atoms with Crippen molar-refractivity contribution < 1.29 is 4.74 Å². The molecule has 0 unspecified atom stereocenters. The molecule has 0 fully saturated rings. The van der Waals surface area contributed by atoms with E-state index in [0.29, 0.717) is 6.54 Å². The third-order valence-corrected chi connectivity index (χ3v) is 1.80. The summed E-state index contributed by atoms with van der Waals surface area (Å²) in [6, 6.07) is 0. The van der Waals surface area contributed by atoms with E-state index in [2.05, 4.69) is 4.98 Å². The summed E-state index contributed by atoms with van der Waals surface area (Å²) in [6.07, 6.45) is 1.28. The van der Waals surface area contributed by atoms with Crippen LogP contribution in [0, 0.1) is 5.92 Å². The zero-order valence-corrected chi connectivity index (χ0v) is 8.53. The van der Waals surface area contributed by atoms with E-state index in [-0.39, 0.29) is 17.2 Å². The number of rotatable bonds is 3. The van der Waals surface area contributed by atoms with Gasteiger partial charge in [0, 0.05) is 6.54 Å². The van der Waals surface area contributed by atoms with Crippen LogP contribution in [0.1, 0.15) is 13.8 Å². The molecule has 1 N–H and O–H groups in total. The quantitative estimate of drug-likeness (QED) is 0.754. The molecule has 1 rings (SSSR count). The van der Waals surface area contributed by atoms with Crippen molar-refractivity contribution in [3.63, 3.8) is 0 Å². The van der Waals surface area contributed by atoms with Crippen LogP contribution in [0.3, 0.4) is 0 Å². The first-order chi connectivity index (χ1) is 6.56. The molecule has 78 valence electrons. The van der Waals surface area contributed by atoms with Gasteiger partial charge in [0.2, 0.25) is 5.75 Å². The summed E-state index contributed by atoms with van der Waals surface area (Å²) in [5.41, 5.74) is -0.783. The summed E-state index contributed by atoms with van der Waals surface area (Å²) in [6.45, 7) is 4.27. The van der Waals surface area contributed by atoms with Crippen molar-refractivity contribution in [2.45, 2.75) is 20.4 Å². The van der Waals surface area contributed by atoms with Crippen LogP contribution in [0.5, 0.6) is 5.75 Å². The predicted octanol–water partition coefficient (Wildman–Crippen LogP) is 0.201. The standard InChI is InChI=1S/C9H14N2O3/c1-6(2)5-11-8(12)7(14-3)4-10-9(11)13/h4,6H,5H2,1-3H3,(H,10,13). The number of aromatic amines is 1. The highest BCUT2D eigenvalue weighted by Crippen LogP contribution is 1.98. The molecule has 0 amide bonds. The summed E-state index contributed by atoms with van der Waals surface area (Å²) >= 11 is 0. The average Bonchev–Trinajstić information content (AvgIpc) is 2.12. The van der Waals surface area contributed by atoms with E-state index in [0.717, 1.165) is 4.57 Å². The molecule has 0 aliphatic heterocycles. The maximum atomic E-state index is 11.6. The highest BCUT2D eigenvalue weighted by atomic mass is 16.5. The fraction of sp³-hybridized carbons (Fsp3) is 0.556. The number of nitrogens with zero attached hydrogens (tertiary/aromatic N) is 1. The smallest absolute Gasteiger partial charge is 0.328 e. The van der Waals surface area contributed by atoms with Gasteiger partial charge >= 0.3 is 5.69 Å². The molecule has 0 aromatic carbocycles. The van der Waals surface area contributed by atoms with Crippen molar-refractivity contribution >= 4 is 0 Å². The molecule has 0 atom stereocenters. The topological polar surface area (TPSA) is 64.1 Å². The maximum Gasteiger partial charge on any atom is 0.328 e. The molecule has 1 heterocycles. The molecule has 0 aliphatic carbocycles. The fourth-order valence-corrected chi connectivity index (χ4v) is 1.17. The average molecular weight is 198 g/mol. The van der Waals surface area contributed by atoms with Gasteiger partial charge in [-0.2, -0.15) is 0 Å². The summed E-state index contributed by atoms with van der Waals surface area (Å²) in [4.78, 5) is 25.3. The van der Waals surface area contributed by atoms with Gasteiger partial charge < -0.3 is 9.72 Å². The minimum absolute atomic E-state index is 0.158. The van der Waals surface area contributed by atoms with E-state index in [9.17, 15) is 9.59 Å². The predicted molar refractivity (Wildman–Crippen MR) is 52.7 cm³/mol. The van der Waals surface area contributed by atoms with E-state index < -0.39 is 5.69 Å². The number of nitrogens with one attached hydrogen (secondary N) is 1. The molecule has 0 saturated carbocycles. The zero-order valence-electron chi connectivity index (χ0n) is 8.53. The first-order valence-corrected chi connectivity index (χ1v) is 4.42. The maximum absolute atomic E-state index is 11.6. The van der Waals surface area contributed by atoms with Crippen LogP contribution in [-0.2, 0) is 6.54 Å². The number of H-pyrrole nitrogens is 1. The Hall–Kier alpha value is -1.52. The Balaban J connectivity index is 3.26. The van der Waals surface area contributed by atoms with Crippen LogP contribution in [0.4, 0.5) is 0 Å². The Morgan fingerprint density at radius 3 is 2.64 bits per heavy atom. The van der Waals surface area contributed by atoms with Crippen LogP contribution in [0.2, 0.25) is 0 Å². The third kappa shape index (κ3) is 2.04. The molecule has 0 aliphatic rings. The summed E-state index contributed by atoms with van der Waals surface area (Å²) in [5, 5.41) is 0. The van der Waals surface area contributed by atoms with Crippen LogP contribution in [0.25, 0.3) is 0 Å². The molecule has 1 aromatic rings. The summed E-state index contributed by atoms with van der Waals surface area (Å²) in [7, 11) is 1.40. The van der Waals surface area contributed by atoms with Gasteiger partial charge in [-0.1, -0.05) is 13.8 Å². The van der Waals surface area contributed by atoms with Crippen molar-refractivity contribution in [2.24, 2.45) is 5.92 Å². The second-order valence-corrected chi connectivity index (χ2v) is 3.47. The number of aromatic nitrogens is 2. The first kappa shape index (κ1) is 10.6. The SMILES string of the molecule is COc1c[nH]c(=O)n(CC(C)C)c1=O. The molecule has 0 bridgehead atoms. The van der Waals surface area contributed by atoms with Crippen molar-refractivity contribution in [3.8, 4) is 5.75 Å². The van der Waals surface area contributed by atoms with Crippen molar-refractivity contribution in [3.05, 3.63) is 27.0 Å². The Morgan fingerprint density at radius 1 is 1.50 bits per heavy atom. The second kappa shape index (κ2) is 4.13. The Bertz CT molecular complexity index is 417. The lowest BCUT2D eigenvalue weighted by Crippen LogP contribution is -2.36. The lowest BCUT2D eigenvalue weighted by atomic mass is 10.2. The van der Waals surface area contributed by atoms with Crippen molar-refractivity contribution in [1.82, 2.24) is 9.55 Å². The second-order valence-electron chi connectivity index (χ2n) is 3.47. The molecular weight excluding hydrogens is 184 g/mol. The largest absolute Gasteiger partial charge is 0.490 e. The number of ether oxygens (including phenoxy) is 1. The van der Waals surface area contributed by atoms with Gasteiger partial charge in [0.15, 0.2) is 0 Å². The van der Waals surface area contributed by atoms with Crippen LogP contribution in [0.15, 0.2) is 15.8 Å². The van der Waals surface area contributed by atoms with Gasteiger partial charge in [-0.05, 0) is 5.92 Å². The highest BCUT2D eigenvalue weighted by Gasteiger charge is 2.08. The van der Waals surface area contributed by atoms with Crippen LogP contribution < -0.4 is 16.0 Å². The zero-order chi connectivity index (χ0) is 10.7. The number of methoxy groups -OCH3 is 1. The van der Waals surface area contributed by atoms with Crippen LogP contribution >= 0.6 is 0 Å². The molecule has 0 saturated heterocycles. The van der Waals surface area contributed by atoms with Crippen LogP contribution in [-0.4, -0.2) is 16.7 Å². The molecule has 0 radical (unpaired) electrons. The van der Waals surface area contributed by atoms with Gasteiger partial charge in [0.25, 0.3) is 5.56 Å². The third-order valence-electron chi connectivity index (χ3n) is 1.80. The summed E-state index contributed by atoms with van der Waals surface area (Å²) < 4.78 is 5.96. The monoisotopic (exact) mass is 198 g/mol. The van der Waals surface area contributed by atoms with Gasteiger partial charge in [-0.25, -0.2) is 4.79 Å². The lowest BCUT2D eigenvalue weighted by molar-refractivity contribution is 0.390. The van der Waals surface area contributed by atoms with Gasteiger partial charge in [-0.3, -0.25) is 9.36 Å². The minimum atomic E-state index is -0.399. The van der Waals surface area contributed by atoms with E-state index in [1.165, 1.54) is 13.3 Å². The van der Waals surface area contributed by atoms with Crippen molar-refractivity contribution in [1.29, 1.82) is 0 Å². The van der Waals surface area contributed by atoms with Crippen molar-refractivity contribution in [2.75, 3.05) is 7.11 Å². The fourth-order valence-electron chi connectivity index (χ4n) is 1.17. The lowest BCUT2D eigenvalue weighted by Gasteiger charge is -2.08. The molecule has 1 aromatic heterocycles. The van der Waals surface area contributed by atoms with E-state index in [1.807, 2.05) is 13.8 Å². The highest BCUT2D eigenvalue weighted by molar-refractivity contribution is 5.11. The van der Waals surface area contributed by atoms with Gasteiger partial charge in [-0.15, -0.1) is 0 Å². The molecule has 14 heavy (non-hydrogen) atoms. The Morgan fingerprint density at radius 2 is 2.14 bits per heavy atom. The first-order valence-electron chi connectivity index (χ1n) is 4.42.